The molecule has 3 aromatic rings. The largest absolute Gasteiger partial charge is 0.352 e. The van der Waals surface area contributed by atoms with Crippen molar-refractivity contribution >= 4 is 29.3 Å². The predicted molar refractivity (Wildman–Crippen MR) is 120 cm³/mol. The molecular formula is C24H21N3O4. The number of nitro groups is 1. The third-order valence-corrected chi connectivity index (χ3v) is 4.48. The highest BCUT2D eigenvalue weighted by Gasteiger charge is 2.12. The Morgan fingerprint density at radius 3 is 2.45 bits per heavy atom. The molecule has 0 aliphatic rings. The van der Waals surface area contributed by atoms with Crippen molar-refractivity contribution in [2.45, 2.75) is 6.42 Å². The number of benzene rings is 3. The van der Waals surface area contributed by atoms with Crippen molar-refractivity contribution in [3.05, 3.63) is 112 Å². The molecule has 156 valence electrons. The molecule has 31 heavy (non-hydrogen) atoms. The van der Waals surface area contributed by atoms with E-state index < -0.39 is 10.8 Å². The van der Waals surface area contributed by atoms with Crippen LogP contribution >= 0.6 is 0 Å². The molecule has 0 aliphatic carbocycles. The van der Waals surface area contributed by atoms with Gasteiger partial charge in [0.25, 0.3) is 11.6 Å². The molecule has 2 amide bonds. The molecule has 7 heteroatoms. The lowest BCUT2D eigenvalue weighted by Gasteiger charge is -2.10. The lowest BCUT2D eigenvalue weighted by Crippen LogP contribution is -2.27. The number of nitro benzene ring substituents is 1. The van der Waals surface area contributed by atoms with Gasteiger partial charge in [-0.1, -0.05) is 54.6 Å². The molecule has 0 fully saturated rings. The summed E-state index contributed by atoms with van der Waals surface area (Å²) in [6.07, 6.45) is 3.45. The van der Waals surface area contributed by atoms with Gasteiger partial charge in [-0.25, -0.2) is 0 Å². The molecule has 0 bridgehead atoms. The van der Waals surface area contributed by atoms with E-state index in [0.29, 0.717) is 29.8 Å². The summed E-state index contributed by atoms with van der Waals surface area (Å²) in [5.74, 6) is -0.731. The summed E-state index contributed by atoms with van der Waals surface area (Å²) < 4.78 is 0. The van der Waals surface area contributed by atoms with E-state index in [2.05, 4.69) is 10.6 Å². The van der Waals surface area contributed by atoms with Crippen molar-refractivity contribution in [1.29, 1.82) is 0 Å². The van der Waals surface area contributed by atoms with Crippen LogP contribution in [0.25, 0.3) is 6.08 Å². The molecule has 2 N–H and O–H groups in total. The summed E-state index contributed by atoms with van der Waals surface area (Å²) in [7, 11) is 0. The van der Waals surface area contributed by atoms with E-state index in [0.717, 1.165) is 5.56 Å². The normalized spacial score (nSPS) is 10.6. The van der Waals surface area contributed by atoms with Crippen LogP contribution in [0.3, 0.4) is 0 Å². The summed E-state index contributed by atoms with van der Waals surface area (Å²) in [5, 5.41) is 16.4. The first kappa shape index (κ1) is 21.4. The number of hydrogen-bond donors (Lipinski definition) is 2. The van der Waals surface area contributed by atoms with Crippen LogP contribution in [0.2, 0.25) is 0 Å². The lowest BCUT2D eigenvalue weighted by atomic mass is 10.1. The first-order valence-electron chi connectivity index (χ1n) is 9.67. The van der Waals surface area contributed by atoms with E-state index in [9.17, 15) is 19.7 Å². The van der Waals surface area contributed by atoms with Crippen LogP contribution < -0.4 is 10.6 Å². The number of non-ortho nitro benzene ring substituents is 1. The lowest BCUT2D eigenvalue weighted by molar-refractivity contribution is -0.384. The first-order valence-corrected chi connectivity index (χ1v) is 9.67. The Kier molecular flexibility index (Phi) is 7.26. The second-order valence-corrected chi connectivity index (χ2v) is 6.71. The van der Waals surface area contributed by atoms with Crippen LogP contribution in [0.1, 0.15) is 21.5 Å². The van der Waals surface area contributed by atoms with Gasteiger partial charge in [-0.3, -0.25) is 19.7 Å². The zero-order valence-electron chi connectivity index (χ0n) is 16.7. The Labute approximate surface area is 179 Å². The van der Waals surface area contributed by atoms with Crippen LogP contribution in [0.15, 0.2) is 84.9 Å². The third kappa shape index (κ3) is 6.37. The van der Waals surface area contributed by atoms with Crippen LogP contribution in [0.5, 0.6) is 0 Å². The molecule has 0 atom stereocenters. The SMILES string of the molecule is O=C(/C=C/c1cccc([N+](=O)[O-])c1)Nc1ccccc1C(=O)NCCc1ccccc1. The Bertz CT molecular complexity index is 1110. The van der Waals surface area contributed by atoms with E-state index in [1.165, 1.54) is 24.3 Å². The molecule has 0 aromatic heterocycles. The van der Waals surface area contributed by atoms with Crippen molar-refractivity contribution < 1.29 is 14.5 Å². The smallest absolute Gasteiger partial charge is 0.270 e. The van der Waals surface area contributed by atoms with E-state index in [1.807, 2.05) is 30.3 Å². The molecule has 0 radical (unpaired) electrons. The fourth-order valence-electron chi connectivity index (χ4n) is 2.94. The Hall–Kier alpha value is -4.26. The summed E-state index contributed by atoms with van der Waals surface area (Å²) in [6, 6.07) is 22.5. The molecule has 7 nitrogen and oxygen atoms in total. The number of rotatable bonds is 8. The Morgan fingerprint density at radius 1 is 0.935 bits per heavy atom. The second kappa shape index (κ2) is 10.5. The summed E-state index contributed by atoms with van der Waals surface area (Å²) >= 11 is 0. The zero-order chi connectivity index (χ0) is 22.1. The first-order chi connectivity index (χ1) is 15.0. The molecule has 3 rings (SSSR count). The summed E-state index contributed by atoms with van der Waals surface area (Å²) in [5.41, 5.74) is 2.33. The van der Waals surface area contributed by atoms with Gasteiger partial charge in [-0.15, -0.1) is 0 Å². The molecule has 0 aliphatic heterocycles. The van der Waals surface area contributed by atoms with Crippen molar-refractivity contribution in [2.75, 3.05) is 11.9 Å². The van der Waals surface area contributed by atoms with Crippen molar-refractivity contribution in [3.63, 3.8) is 0 Å². The zero-order valence-corrected chi connectivity index (χ0v) is 16.7. The Morgan fingerprint density at radius 2 is 1.68 bits per heavy atom. The fraction of sp³-hybridized carbons (Fsp3) is 0.0833. The number of nitrogens with zero attached hydrogens (tertiary/aromatic N) is 1. The molecule has 3 aromatic carbocycles. The molecule has 0 heterocycles. The number of carbonyl (C=O) groups excluding carboxylic acids is 2. The van der Waals surface area contributed by atoms with Gasteiger partial charge >= 0.3 is 0 Å². The van der Waals surface area contributed by atoms with Gasteiger partial charge in [0.15, 0.2) is 0 Å². The molecule has 0 saturated carbocycles. The maximum atomic E-state index is 12.6. The number of nitrogens with one attached hydrogen (secondary N) is 2. The van der Waals surface area contributed by atoms with Crippen LogP contribution in [0.4, 0.5) is 11.4 Å². The molecular weight excluding hydrogens is 394 g/mol. The Balaban J connectivity index is 1.61. The van der Waals surface area contributed by atoms with Gasteiger partial charge < -0.3 is 10.6 Å². The second-order valence-electron chi connectivity index (χ2n) is 6.71. The van der Waals surface area contributed by atoms with E-state index in [4.69, 9.17) is 0 Å². The fourth-order valence-corrected chi connectivity index (χ4v) is 2.94. The average molecular weight is 415 g/mol. The minimum absolute atomic E-state index is 0.0555. The van der Waals surface area contributed by atoms with Gasteiger partial charge in [-0.05, 0) is 35.8 Å². The van der Waals surface area contributed by atoms with Crippen LogP contribution in [0, 0.1) is 10.1 Å². The number of hydrogen-bond acceptors (Lipinski definition) is 4. The van der Waals surface area contributed by atoms with E-state index in [1.54, 1.807) is 36.4 Å². The van der Waals surface area contributed by atoms with Crippen molar-refractivity contribution in [1.82, 2.24) is 5.32 Å². The number of carbonyl (C=O) groups is 2. The highest BCUT2D eigenvalue weighted by atomic mass is 16.6. The van der Waals surface area contributed by atoms with Gasteiger partial charge in [0.1, 0.15) is 0 Å². The van der Waals surface area contributed by atoms with Gasteiger partial charge in [-0.2, -0.15) is 0 Å². The summed E-state index contributed by atoms with van der Waals surface area (Å²) in [6.45, 7) is 0.470. The predicted octanol–water partition coefficient (Wildman–Crippen LogP) is 4.22. The van der Waals surface area contributed by atoms with Crippen LogP contribution in [-0.4, -0.2) is 23.3 Å². The highest BCUT2D eigenvalue weighted by molar-refractivity contribution is 6.07. The van der Waals surface area contributed by atoms with Gasteiger partial charge in [0.2, 0.25) is 5.91 Å². The van der Waals surface area contributed by atoms with Gasteiger partial charge in [0.05, 0.1) is 16.2 Å². The monoisotopic (exact) mass is 415 g/mol. The topological polar surface area (TPSA) is 101 Å². The maximum Gasteiger partial charge on any atom is 0.270 e. The molecule has 0 spiro atoms. The molecule has 0 unspecified atom stereocenters. The minimum atomic E-state index is -0.496. The standard InChI is InChI=1S/C24H21N3O4/c28-23(14-13-19-9-6-10-20(17-19)27(30)31)26-22-12-5-4-11-21(22)24(29)25-16-15-18-7-2-1-3-8-18/h1-14,17H,15-16H2,(H,25,29)(H,26,28)/b14-13+. The molecule has 0 saturated heterocycles. The van der Waals surface area contributed by atoms with Crippen LogP contribution in [-0.2, 0) is 11.2 Å². The number of para-hydroxylation sites is 1. The average Bonchev–Trinajstić information content (AvgIpc) is 2.79. The van der Waals surface area contributed by atoms with E-state index in [-0.39, 0.29) is 11.6 Å². The van der Waals surface area contributed by atoms with E-state index >= 15 is 0 Å². The minimum Gasteiger partial charge on any atom is -0.352 e. The highest BCUT2D eigenvalue weighted by Crippen LogP contribution is 2.16. The van der Waals surface area contributed by atoms with Crippen molar-refractivity contribution in [2.24, 2.45) is 0 Å². The number of anilines is 1. The van der Waals surface area contributed by atoms with Gasteiger partial charge in [0, 0.05) is 24.8 Å². The maximum absolute atomic E-state index is 12.6. The van der Waals surface area contributed by atoms with Crippen molar-refractivity contribution in [3.8, 4) is 0 Å². The number of amides is 2. The third-order valence-electron chi connectivity index (χ3n) is 4.48. The quantitative estimate of drug-likeness (QED) is 0.327. The summed E-state index contributed by atoms with van der Waals surface area (Å²) in [4.78, 5) is 35.2.